The van der Waals surface area contributed by atoms with Crippen LogP contribution >= 0.6 is 0 Å². The van der Waals surface area contributed by atoms with Gasteiger partial charge in [0, 0.05) is 17.7 Å². The van der Waals surface area contributed by atoms with Crippen molar-refractivity contribution in [3.63, 3.8) is 0 Å². The Bertz CT molecular complexity index is 1000. The summed E-state index contributed by atoms with van der Waals surface area (Å²) in [5.74, 6) is 0.754. The third kappa shape index (κ3) is 3.16. The second kappa shape index (κ2) is 6.49. The minimum absolute atomic E-state index is 0.166. The zero-order chi connectivity index (χ0) is 17.2. The van der Waals surface area contributed by atoms with E-state index in [4.69, 9.17) is 4.52 Å². The topological polar surface area (TPSA) is 68.8 Å². The van der Waals surface area contributed by atoms with Crippen molar-refractivity contribution in [2.45, 2.75) is 19.5 Å². The van der Waals surface area contributed by atoms with Crippen molar-refractivity contribution in [2.24, 2.45) is 0 Å². The molecule has 1 unspecified atom stereocenters. The van der Waals surface area contributed by atoms with Crippen LogP contribution in [0.15, 0.2) is 59.3 Å². The molecule has 0 saturated heterocycles. The van der Waals surface area contributed by atoms with Gasteiger partial charge < -0.3 is 9.84 Å². The van der Waals surface area contributed by atoms with Gasteiger partial charge in [0.05, 0.1) is 18.4 Å². The van der Waals surface area contributed by atoms with Crippen LogP contribution < -0.4 is 5.32 Å². The van der Waals surface area contributed by atoms with E-state index in [1.54, 1.807) is 4.68 Å². The van der Waals surface area contributed by atoms with E-state index in [0.29, 0.717) is 6.54 Å². The largest absolute Gasteiger partial charge is 0.356 e. The molecule has 0 spiro atoms. The predicted octanol–water partition coefficient (Wildman–Crippen LogP) is 3.42. The molecule has 2 heterocycles. The van der Waals surface area contributed by atoms with Crippen molar-refractivity contribution in [1.82, 2.24) is 25.5 Å². The molecule has 126 valence electrons. The molecule has 2 aromatic carbocycles. The molecule has 0 fully saturated rings. The summed E-state index contributed by atoms with van der Waals surface area (Å²) >= 11 is 0. The fourth-order valence-electron chi connectivity index (χ4n) is 2.77. The Morgan fingerprint density at radius 2 is 1.96 bits per heavy atom. The van der Waals surface area contributed by atoms with Crippen molar-refractivity contribution in [3.8, 4) is 11.3 Å². The summed E-state index contributed by atoms with van der Waals surface area (Å²) < 4.78 is 7.29. The Labute approximate surface area is 145 Å². The van der Waals surface area contributed by atoms with E-state index in [9.17, 15) is 0 Å². The Hall–Kier alpha value is -2.99. The van der Waals surface area contributed by atoms with E-state index in [1.807, 2.05) is 38.4 Å². The zero-order valence-corrected chi connectivity index (χ0v) is 14.2. The fraction of sp³-hybridized carbons (Fsp3) is 0.211. The molecule has 2 aromatic heterocycles. The monoisotopic (exact) mass is 333 g/mol. The van der Waals surface area contributed by atoms with Gasteiger partial charge in [-0.15, -0.1) is 5.10 Å². The molecule has 4 aromatic rings. The van der Waals surface area contributed by atoms with Gasteiger partial charge in [-0.05, 0) is 30.8 Å². The molecule has 0 aliphatic heterocycles. The normalized spacial score (nSPS) is 12.6. The molecule has 1 N–H and O–H groups in total. The maximum atomic E-state index is 5.52. The van der Waals surface area contributed by atoms with Crippen molar-refractivity contribution in [2.75, 3.05) is 7.05 Å². The molecule has 0 aliphatic carbocycles. The van der Waals surface area contributed by atoms with Crippen molar-refractivity contribution >= 4 is 10.8 Å². The van der Waals surface area contributed by atoms with Crippen LogP contribution in [0.25, 0.3) is 22.1 Å². The highest BCUT2D eigenvalue weighted by atomic mass is 16.5. The van der Waals surface area contributed by atoms with E-state index in [-0.39, 0.29) is 6.04 Å². The van der Waals surface area contributed by atoms with Gasteiger partial charge in [-0.25, -0.2) is 4.68 Å². The highest BCUT2D eigenvalue weighted by Gasteiger charge is 2.11. The summed E-state index contributed by atoms with van der Waals surface area (Å²) in [6, 6.07) is 16.6. The van der Waals surface area contributed by atoms with E-state index < -0.39 is 0 Å². The van der Waals surface area contributed by atoms with Gasteiger partial charge in [-0.1, -0.05) is 46.8 Å². The Balaban J connectivity index is 1.56. The molecular formula is C19H19N5O. The first-order valence-corrected chi connectivity index (χ1v) is 8.25. The molecule has 0 aliphatic rings. The summed E-state index contributed by atoms with van der Waals surface area (Å²) in [5, 5.41) is 18.0. The van der Waals surface area contributed by atoms with Crippen LogP contribution in [-0.4, -0.2) is 27.2 Å². The lowest BCUT2D eigenvalue weighted by molar-refractivity contribution is 0.419. The smallest absolute Gasteiger partial charge is 0.167 e. The predicted molar refractivity (Wildman–Crippen MR) is 96.0 cm³/mol. The quantitative estimate of drug-likeness (QED) is 0.606. The van der Waals surface area contributed by atoms with Crippen LogP contribution in [0.5, 0.6) is 0 Å². The van der Waals surface area contributed by atoms with Gasteiger partial charge in [0.1, 0.15) is 5.69 Å². The lowest BCUT2D eigenvalue weighted by Crippen LogP contribution is -2.12. The minimum atomic E-state index is 0.166. The third-order valence-corrected chi connectivity index (χ3v) is 4.35. The number of benzene rings is 2. The molecule has 0 radical (unpaired) electrons. The maximum absolute atomic E-state index is 5.52. The highest BCUT2D eigenvalue weighted by Crippen LogP contribution is 2.25. The molecule has 4 rings (SSSR count). The highest BCUT2D eigenvalue weighted by molar-refractivity contribution is 5.86. The minimum Gasteiger partial charge on any atom is -0.356 e. The van der Waals surface area contributed by atoms with Crippen molar-refractivity contribution in [3.05, 3.63) is 66.1 Å². The van der Waals surface area contributed by atoms with E-state index in [0.717, 1.165) is 22.7 Å². The van der Waals surface area contributed by atoms with Gasteiger partial charge in [0.25, 0.3) is 0 Å². The van der Waals surface area contributed by atoms with Crippen LogP contribution in [-0.2, 0) is 6.54 Å². The SMILES string of the molecule is CNC(C)c1cn(Cc2cc(-c3ccc4ccccc4c3)on2)nn1. The second-order valence-electron chi connectivity index (χ2n) is 6.10. The number of nitrogens with one attached hydrogen (secondary N) is 1. The summed E-state index contributed by atoms with van der Waals surface area (Å²) in [7, 11) is 1.90. The van der Waals surface area contributed by atoms with Gasteiger partial charge in [0.15, 0.2) is 5.76 Å². The molecule has 0 bridgehead atoms. The Kier molecular flexibility index (Phi) is 4.03. The third-order valence-electron chi connectivity index (χ3n) is 4.35. The first-order valence-electron chi connectivity index (χ1n) is 8.25. The number of hydrogen-bond acceptors (Lipinski definition) is 5. The number of nitrogens with zero attached hydrogens (tertiary/aromatic N) is 4. The second-order valence-corrected chi connectivity index (χ2v) is 6.10. The average Bonchev–Trinajstić information content (AvgIpc) is 3.31. The number of hydrogen-bond donors (Lipinski definition) is 1. The fourth-order valence-corrected chi connectivity index (χ4v) is 2.77. The summed E-state index contributed by atoms with van der Waals surface area (Å²) in [6.07, 6.45) is 1.92. The van der Waals surface area contributed by atoms with Gasteiger partial charge in [-0.3, -0.25) is 0 Å². The van der Waals surface area contributed by atoms with E-state index in [2.05, 4.69) is 51.1 Å². The lowest BCUT2D eigenvalue weighted by Gasteiger charge is -2.03. The average molecular weight is 333 g/mol. The standard InChI is InChI=1S/C19H19N5O/c1-13(20-2)18-12-24(23-21-18)11-17-10-19(25-22-17)16-8-7-14-5-3-4-6-15(14)9-16/h3-10,12-13,20H,11H2,1-2H3. The molecule has 0 saturated carbocycles. The van der Waals surface area contributed by atoms with Crippen LogP contribution in [0, 0.1) is 0 Å². The van der Waals surface area contributed by atoms with Crippen molar-refractivity contribution in [1.29, 1.82) is 0 Å². The number of aromatic nitrogens is 4. The van der Waals surface area contributed by atoms with Crippen molar-refractivity contribution < 1.29 is 4.52 Å². The van der Waals surface area contributed by atoms with E-state index >= 15 is 0 Å². The first-order chi connectivity index (χ1) is 12.2. The molecule has 0 amide bonds. The lowest BCUT2D eigenvalue weighted by atomic mass is 10.1. The Morgan fingerprint density at radius 1 is 1.12 bits per heavy atom. The summed E-state index contributed by atoms with van der Waals surface area (Å²) in [4.78, 5) is 0. The maximum Gasteiger partial charge on any atom is 0.167 e. The first kappa shape index (κ1) is 15.5. The number of fused-ring (bicyclic) bond motifs is 1. The van der Waals surface area contributed by atoms with Gasteiger partial charge >= 0.3 is 0 Å². The van der Waals surface area contributed by atoms with Gasteiger partial charge in [-0.2, -0.15) is 0 Å². The number of rotatable bonds is 5. The molecular weight excluding hydrogens is 314 g/mol. The van der Waals surface area contributed by atoms with Gasteiger partial charge in [0.2, 0.25) is 0 Å². The zero-order valence-electron chi connectivity index (χ0n) is 14.2. The molecule has 1 atom stereocenters. The molecule has 6 nitrogen and oxygen atoms in total. The van der Waals surface area contributed by atoms with Crippen LogP contribution in [0.2, 0.25) is 0 Å². The Morgan fingerprint density at radius 3 is 2.80 bits per heavy atom. The summed E-state index contributed by atoms with van der Waals surface area (Å²) in [5.41, 5.74) is 2.73. The molecule has 6 heteroatoms. The van der Waals surface area contributed by atoms with Crippen LogP contribution in [0.4, 0.5) is 0 Å². The molecule has 25 heavy (non-hydrogen) atoms. The summed E-state index contributed by atoms with van der Waals surface area (Å²) in [6.45, 7) is 2.57. The van der Waals surface area contributed by atoms with E-state index in [1.165, 1.54) is 10.8 Å². The van der Waals surface area contributed by atoms with Crippen LogP contribution in [0.1, 0.15) is 24.4 Å². The van der Waals surface area contributed by atoms with Crippen LogP contribution in [0.3, 0.4) is 0 Å².